The fraction of sp³-hybridized carbons (Fsp3) is 0.579. The number of fused-ring (bicyclic) bond motifs is 1. The quantitative estimate of drug-likeness (QED) is 0.848. The van der Waals surface area contributed by atoms with E-state index < -0.39 is 5.97 Å². The van der Waals surface area contributed by atoms with Crippen molar-refractivity contribution in [3.63, 3.8) is 0 Å². The van der Waals surface area contributed by atoms with Gasteiger partial charge in [0.05, 0.1) is 5.56 Å². The van der Waals surface area contributed by atoms with E-state index in [0.717, 1.165) is 12.8 Å². The minimum absolute atomic E-state index is 0.157. The van der Waals surface area contributed by atoms with Crippen molar-refractivity contribution >= 4 is 11.9 Å². The minimum Gasteiger partial charge on any atom is -0.486 e. The number of hydrogen-bond acceptors (Lipinski definition) is 5. The summed E-state index contributed by atoms with van der Waals surface area (Å²) < 4.78 is 16.0. The summed E-state index contributed by atoms with van der Waals surface area (Å²) in [5.41, 5.74) is 0.344. The fourth-order valence-corrected chi connectivity index (χ4v) is 3.42. The second-order valence-corrected chi connectivity index (χ2v) is 6.88. The molecule has 3 atom stereocenters. The molecule has 1 N–H and O–H groups in total. The van der Waals surface area contributed by atoms with Gasteiger partial charge in [-0.15, -0.1) is 0 Å². The Balaban J connectivity index is 1.51. The van der Waals surface area contributed by atoms with Gasteiger partial charge < -0.3 is 19.5 Å². The van der Waals surface area contributed by atoms with Gasteiger partial charge in [-0.3, -0.25) is 4.79 Å². The van der Waals surface area contributed by atoms with Crippen molar-refractivity contribution in [1.82, 2.24) is 5.32 Å². The molecular weight excluding hydrogens is 322 g/mol. The first-order valence-electron chi connectivity index (χ1n) is 8.90. The van der Waals surface area contributed by atoms with E-state index in [4.69, 9.17) is 14.2 Å². The van der Waals surface area contributed by atoms with E-state index in [9.17, 15) is 9.59 Å². The normalized spacial score (nSPS) is 25.1. The average molecular weight is 347 g/mol. The Morgan fingerprint density at radius 3 is 2.72 bits per heavy atom. The summed E-state index contributed by atoms with van der Waals surface area (Å²) in [7, 11) is 0. The second kappa shape index (κ2) is 7.76. The number of rotatable bonds is 4. The SMILES string of the molecule is C[C@H]1[C@@H](NC(=O)COC(=O)c2ccc3c(c2)OCCO3)CCC[C@@H]1C. The summed E-state index contributed by atoms with van der Waals surface area (Å²) in [4.78, 5) is 24.2. The van der Waals surface area contributed by atoms with Crippen LogP contribution < -0.4 is 14.8 Å². The first-order valence-corrected chi connectivity index (χ1v) is 8.90. The standard InChI is InChI=1S/C19H25NO5/c1-12-4-3-5-15(13(12)2)20-18(21)11-25-19(22)14-6-7-16-17(10-14)24-9-8-23-16/h6-7,10,12-13,15H,3-5,8-9,11H2,1-2H3,(H,20,21)/t12-,13+,15-/m0/s1. The molecule has 6 heteroatoms. The molecule has 1 fully saturated rings. The predicted molar refractivity (Wildman–Crippen MR) is 91.8 cm³/mol. The number of nitrogens with one attached hydrogen (secondary N) is 1. The first kappa shape index (κ1) is 17.6. The van der Waals surface area contributed by atoms with E-state index in [-0.39, 0.29) is 18.6 Å². The highest BCUT2D eigenvalue weighted by Gasteiger charge is 2.28. The molecule has 1 aromatic rings. The molecule has 0 radical (unpaired) electrons. The van der Waals surface area contributed by atoms with Gasteiger partial charge in [-0.25, -0.2) is 4.79 Å². The molecule has 1 heterocycles. The number of hydrogen-bond donors (Lipinski definition) is 1. The van der Waals surface area contributed by atoms with E-state index >= 15 is 0 Å². The average Bonchev–Trinajstić information content (AvgIpc) is 2.63. The lowest BCUT2D eigenvalue weighted by Crippen LogP contribution is -2.45. The lowest BCUT2D eigenvalue weighted by atomic mass is 9.78. The number of carbonyl (C=O) groups is 2. The number of amides is 1. The smallest absolute Gasteiger partial charge is 0.338 e. The van der Waals surface area contributed by atoms with Crippen LogP contribution in [0.1, 0.15) is 43.5 Å². The zero-order chi connectivity index (χ0) is 17.8. The van der Waals surface area contributed by atoms with Gasteiger partial charge in [-0.2, -0.15) is 0 Å². The molecule has 136 valence electrons. The van der Waals surface area contributed by atoms with Gasteiger partial charge in [-0.1, -0.05) is 26.7 Å². The topological polar surface area (TPSA) is 73.9 Å². The maximum Gasteiger partial charge on any atom is 0.338 e. The summed E-state index contributed by atoms with van der Waals surface area (Å²) in [6.07, 6.45) is 3.30. The minimum atomic E-state index is -0.544. The van der Waals surface area contributed by atoms with Gasteiger partial charge in [0.15, 0.2) is 18.1 Å². The van der Waals surface area contributed by atoms with Gasteiger partial charge in [-0.05, 0) is 36.5 Å². The zero-order valence-electron chi connectivity index (χ0n) is 14.7. The molecule has 1 aliphatic heterocycles. The van der Waals surface area contributed by atoms with Crippen LogP contribution in [0.4, 0.5) is 0 Å². The Morgan fingerprint density at radius 1 is 1.16 bits per heavy atom. The molecule has 1 saturated carbocycles. The number of esters is 1. The van der Waals surface area contributed by atoms with Crippen LogP contribution in [0.5, 0.6) is 11.5 Å². The van der Waals surface area contributed by atoms with Gasteiger partial charge in [0.1, 0.15) is 13.2 Å². The van der Waals surface area contributed by atoms with Crippen molar-refractivity contribution < 1.29 is 23.8 Å². The molecule has 1 aliphatic carbocycles. The fourth-order valence-electron chi connectivity index (χ4n) is 3.42. The third-order valence-electron chi connectivity index (χ3n) is 5.17. The van der Waals surface area contributed by atoms with E-state index in [1.54, 1.807) is 18.2 Å². The largest absolute Gasteiger partial charge is 0.486 e. The number of ether oxygens (including phenoxy) is 3. The van der Waals surface area contributed by atoms with Crippen LogP contribution in [-0.2, 0) is 9.53 Å². The van der Waals surface area contributed by atoms with Crippen molar-refractivity contribution in [3.05, 3.63) is 23.8 Å². The van der Waals surface area contributed by atoms with E-state index in [1.165, 1.54) is 6.42 Å². The number of benzene rings is 1. The van der Waals surface area contributed by atoms with Crippen molar-refractivity contribution in [1.29, 1.82) is 0 Å². The molecular formula is C19H25NO5. The van der Waals surface area contributed by atoms with Crippen LogP contribution in [-0.4, -0.2) is 37.7 Å². The Morgan fingerprint density at radius 2 is 1.92 bits per heavy atom. The number of carbonyl (C=O) groups excluding carboxylic acids is 2. The summed E-state index contributed by atoms with van der Waals surface area (Å²) in [6, 6.07) is 5.03. The van der Waals surface area contributed by atoms with Crippen LogP contribution in [0.3, 0.4) is 0 Å². The third kappa shape index (κ3) is 4.24. The van der Waals surface area contributed by atoms with Crippen molar-refractivity contribution in [3.8, 4) is 11.5 Å². The Kier molecular flexibility index (Phi) is 5.46. The maximum absolute atomic E-state index is 12.1. The highest BCUT2D eigenvalue weighted by atomic mass is 16.6. The molecule has 6 nitrogen and oxygen atoms in total. The molecule has 3 rings (SSSR count). The molecule has 25 heavy (non-hydrogen) atoms. The van der Waals surface area contributed by atoms with Crippen LogP contribution in [0, 0.1) is 11.8 Å². The second-order valence-electron chi connectivity index (χ2n) is 6.88. The third-order valence-corrected chi connectivity index (χ3v) is 5.17. The summed E-state index contributed by atoms with van der Waals surface area (Å²) in [6.45, 7) is 5.05. The molecule has 2 aliphatic rings. The summed E-state index contributed by atoms with van der Waals surface area (Å²) in [5, 5.41) is 2.99. The van der Waals surface area contributed by atoms with E-state index in [1.807, 2.05) is 0 Å². The summed E-state index contributed by atoms with van der Waals surface area (Å²) in [5.74, 6) is 1.37. The monoisotopic (exact) mass is 347 g/mol. The Labute approximate surface area is 147 Å². The molecule has 1 aromatic carbocycles. The van der Waals surface area contributed by atoms with Gasteiger partial charge in [0, 0.05) is 6.04 Å². The lowest BCUT2D eigenvalue weighted by molar-refractivity contribution is -0.125. The molecule has 0 saturated heterocycles. The molecule has 0 aromatic heterocycles. The van der Waals surface area contributed by atoms with Gasteiger partial charge in [0.2, 0.25) is 0 Å². The van der Waals surface area contributed by atoms with E-state index in [0.29, 0.717) is 42.1 Å². The molecule has 0 unspecified atom stereocenters. The van der Waals surface area contributed by atoms with Crippen molar-refractivity contribution in [2.75, 3.05) is 19.8 Å². The predicted octanol–water partition coefficient (Wildman–Crippen LogP) is 2.56. The lowest BCUT2D eigenvalue weighted by Gasteiger charge is -2.34. The Bertz CT molecular complexity index is 645. The molecule has 1 amide bonds. The molecule has 0 spiro atoms. The highest BCUT2D eigenvalue weighted by Crippen LogP contribution is 2.31. The van der Waals surface area contributed by atoms with Gasteiger partial charge >= 0.3 is 5.97 Å². The summed E-state index contributed by atoms with van der Waals surface area (Å²) >= 11 is 0. The zero-order valence-corrected chi connectivity index (χ0v) is 14.7. The maximum atomic E-state index is 12.1. The van der Waals surface area contributed by atoms with Crippen LogP contribution in [0.2, 0.25) is 0 Å². The van der Waals surface area contributed by atoms with Crippen LogP contribution in [0.25, 0.3) is 0 Å². The van der Waals surface area contributed by atoms with Gasteiger partial charge in [0.25, 0.3) is 5.91 Å². The van der Waals surface area contributed by atoms with Crippen molar-refractivity contribution in [2.45, 2.75) is 39.2 Å². The Hall–Kier alpha value is -2.24. The van der Waals surface area contributed by atoms with Crippen LogP contribution >= 0.6 is 0 Å². The highest BCUT2D eigenvalue weighted by molar-refractivity contribution is 5.92. The van der Waals surface area contributed by atoms with Crippen LogP contribution in [0.15, 0.2) is 18.2 Å². The first-order chi connectivity index (χ1) is 12.0. The van der Waals surface area contributed by atoms with E-state index in [2.05, 4.69) is 19.2 Å². The van der Waals surface area contributed by atoms with Crippen molar-refractivity contribution in [2.24, 2.45) is 11.8 Å². The molecule has 0 bridgehead atoms.